The molecule has 2 rings (SSSR count). The third kappa shape index (κ3) is 4.06. The van der Waals surface area contributed by atoms with Crippen LogP contribution >= 0.6 is 0 Å². The Morgan fingerprint density at radius 1 is 1.32 bits per heavy atom. The van der Waals surface area contributed by atoms with Gasteiger partial charge in [0.1, 0.15) is 0 Å². The first kappa shape index (κ1) is 14.1. The standard InChI is InChI=1S/C16H24N2O/c1-16(9-5-6-10-16)12-18-15(19)14(17)11-13-7-3-2-4-8-13/h2-4,7-8,14H,5-6,9-12,17H2,1H3,(H,18,19). The van der Waals surface area contributed by atoms with Crippen LogP contribution in [0, 0.1) is 5.41 Å². The Morgan fingerprint density at radius 3 is 2.58 bits per heavy atom. The van der Waals surface area contributed by atoms with E-state index >= 15 is 0 Å². The molecule has 1 saturated carbocycles. The molecule has 104 valence electrons. The third-order valence-electron chi connectivity index (χ3n) is 4.14. The molecule has 1 atom stereocenters. The molecule has 0 aliphatic heterocycles. The van der Waals surface area contributed by atoms with Crippen LogP contribution in [0.1, 0.15) is 38.2 Å². The van der Waals surface area contributed by atoms with Crippen LogP contribution in [0.5, 0.6) is 0 Å². The van der Waals surface area contributed by atoms with Gasteiger partial charge in [-0.25, -0.2) is 0 Å². The van der Waals surface area contributed by atoms with Gasteiger partial charge in [-0.3, -0.25) is 4.79 Å². The first-order valence-corrected chi connectivity index (χ1v) is 7.16. The summed E-state index contributed by atoms with van der Waals surface area (Å²) in [6.07, 6.45) is 5.58. The Bertz CT molecular complexity index is 410. The van der Waals surface area contributed by atoms with Gasteiger partial charge in [0.2, 0.25) is 5.91 Å². The van der Waals surface area contributed by atoms with Gasteiger partial charge in [-0.2, -0.15) is 0 Å². The summed E-state index contributed by atoms with van der Waals surface area (Å²) in [6, 6.07) is 9.47. The van der Waals surface area contributed by atoms with Gasteiger partial charge in [-0.15, -0.1) is 0 Å². The molecule has 3 N–H and O–H groups in total. The molecule has 3 nitrogen and oxygen atoms in total. The quantitative estimate of drug-likeness (QED) is 0.853. The lowest BCUT2D eigenvalue weighted by molar-refractivity contribution is -0.122. The maximum absolute atomic E-state index is 12.0. The van der Waals surface area contributed by atoms with Gasteiger partial charge in [0.25, 0.3) is 0 Å². The highest BCUT2D eigenvalue weighted by atomic mass is 16.2. The highest BCUT2D eigenvalue weighted by molar-refractivity contribution is 5.81. The van der Waals surface area contributed by atoms with E-state index in [-0.39, 0.29) is 11.3 Å². The summed E-state index contributed by atoms with van der Waals surface area (Å²) in [6.45, 7) is 3.01. The number of carbonyl (C=O) groups excluding carboxylic acids is 1. The van der Waals surface area contributed by atoms with E-state index in [1.165, 1.54) is 25.7 Å². The van der Waals surface area contributed by atoms with E-state index in [2.05, 4.69) is 12.2 Å². The van der Waals surface area contributed by atoms with Gasteiger partial charge >= 0.3 is 0 Å². The lowest BCUT2D eigenvalue weighted by atomic mass is 9.89. The van der Waals surface area contributed by atoms with E-state index in [1.54, 1.807) is 0 Å². The van der Waals surface area contributed by atoms with Gasteiger partial charge < -0.3 is 11.1 Å². The average molecular weight is 260 g/mol. The summed E-state index contributed by atoms with van der Waals surface area (Å²) in [5.41, 5.74) is 7.35. The van der Waals surface area contributed by atoms with Crippen molar-refractivity contribution in [3.05, 3.63) is 35.9 Å². The largest absolute Gasteiger partial charge is 0.354 e. The molecule has 0 radical (unpaired) electrons. The molecule has 1 aliphatic carbocycles. The highest BCUT2D eigenvalue weighted by Gasteiger charge is 2.29. The van der Waals surface area contributed by atoms with Gasteiger partial charge in [0.05, 0.1) is 6.04 Å². The zero-order valence-corrected chi connectivity index (χ0v) is 11.7. The van der Waals surface area contributed by atoms with Crippen LogP contribution in [0.25, 0.3) is 0 Å². The summed E-state index contributed by atoms with van der Waals surface area (Å²) in [7, 11) is 0. The maximum atomic E-state index is 12.0. The zero-order valence-electron chi connectivity index (χ0n) is 11.7. The number of benzene rings is 1. The topological polar surface area (TPSA) is 55.1 Å². The number of hydrogen-bond acceptors (Lipinski definition) is 2. The lowest BCUT2D eigenvalue weighted by Gasteiger charge is -2.24. The molecule has 0 saturated heterocycles. The monoisotopic (exact) mass is 260 g/mol. The molecule has 0 heterocycles. The lowest BCUT2D eigenvalue weighted by Crippen LogP contribution is -2.45. The molecule has 1 aliphatic rings. The summed E-state index contributed by atoms with van der Waals surface area (Å²) < 4.78 is 0. The second-order valence-corrected chi connectivity index (χ2v) is 6.03. The minimum Gasteiger partial charge on any atom is -0.354 e. The number of nitrogens with one attached hydrogen (secondary N) is 1. The number of rotatable bonds is 5. The van der Waals surface area contributed by atoms with Crippen molar-refractivity contribution < 1.29 is 4.79 Å². The Hall–Kier alpha value is -1.35. The summed E-state index contributed by atoms with van der Waals surface area (Å²) in [4.78, 5) is 12.0. The zero-order chi connectivity index (χ0) is 13.7. The fourth-order valence-electron chi connectivity index (χ4n) is 2.80. The second-order valence-electron chi connectivity index (χ2n) is 6.03. The van der Waals surface area contributed by atoms with E-state index in [9.17, 15) is 4.79 Å². The Kier molecular flexibility index (Phi) is 4.59. The van der Waals surface area contributed by atoms with E-state index in [1.807, 2.05) is 30.3 Å². The first-order valence-electron chi connectivity index (χ1n) is 7.16. The van der Waals surface area contributed by atoms with Crippen molar-refractivity contribution in [3.63, 3.8) is 0 Å². The molecule has 1 unspecified atom stereocenters. The Morgan fingerprint density at radius 2 is 1.95 bits per heavy atom. The van der Waals surface area contributed by atoms with Crippen molar-refractivity contribution in [1.82, 2.24) is 5.32 Å². The van der Waals surface area contributed by atoms with Crippen molar-refractivity contribution >= 4 is 5.91 Å². The number of carbonyl (C=O) groups is 1. The van der Waals surface area contributed by atoms with Gasteiger partial charge in [-0.1, -0.05) is 50.1 Å². The Labute approximate surface area is 115 Å². The number of nitrogens with two attached hydrogens (primary N) is 1. The maximum Gasteiger partial charge on any atom is 0.237 e. The van der Waals surface area contributed by atoms with Crippen molar-refractivity contribution in [1.29, 1.82) is 0 Å². The van der Waals surface area contributed by atoms with Crippen LogP contribution in [0.4, 0.5) is 0 Å². The van der Waals surface area contributed by atoms with Gasteiger partial charge in [0.15, 0.2) is 0 Å². The SMILES string of the molecule is CC1(CNC(=O)C(N)Cc2ccccc2)CCCC1. The predicted molar refractivity (Wildman–Crippen MR) is 77.7 cm³/mol. The fraction of sp³-hybridized carbons (Fsp3) is 0.562. The van der Waals surface area contributed by atoms with Crippen molar-refractivity contribution in [2.45, 2.75) is 45.1 Å². The minimum absolute atomic E-state index is 0.0306. The minimum atomic E-state index is -0.451. The van der Waals surface area contributed by atoms with E-state index < -0.39 is 6.04 Å². The molecule has 1 aromatic rings. The van der Waals surface area contributed by atoms with E-state index in [0.717, 1.165) is 12.1 Å². The summed E-state index contributed by atoms with van der Waals surface area (Å²) >= 11 is 0. The molecule has 1 fully saturated rings. The van der Waals surface area contributed by atoms with Crippen molar-refractivity contribution in [2.75, 3.05) is 6.54 Å². The summed E-state index contributed by atoms with van der Waals surface area (Å²) in [5, 5.41) is 3.02. The van der Waals surface area contributed by atoms with Crippen LogP contribution in [0.3, 0.4) is 0 Å². The van der Waals surface area contributed by atoms with Gasteiger partial charge in [-0.05, 0) is 30.2 Å². The third-order valence-corrected chi connectivity index (χ3v) is 4.14. The van der Waals surface area contributed by atoms with Crippen LogP contribution in [-0.4, -0.2) is 18.5 Å². The highest BCUT2D eigenvalue weighted by Crippen LogP contribution is 2.36. The molecule has 0 aromatic heterocycles. The molecule has 3 heteroatoms. The van der Waals surface area contributed by atoms with Crippen molar-refractivity contribution in [3.8, 4) is 0 Å². The Balaban J connectivity index is 1.79. The molecule has 19 heavy (non-hydrogen) atoms. The van der Waals surface area contributed by atoms with E-state index in [0.29, 0.717) is 6.42 Å². The fourth-order valence-corrected chi connectivity index (χ4v) is 2.80. The van der Waals surface area contributed by atoms with Crippen LogP contribution in [0.15, 0.2) is 30.3 Å². The first-order chi connectivity index (χ1) is 9.09. The van der Waals surface area contributed by atoms with Crippen molar-refractivity contribution in [2.24, 2.45) is 11.1 Å². The normalized spacial score (nSPS) is 19.1. The number of amides is 1. The molecule has 0 bridgehead atoms. The second kappa shape index (κ2) is 6.20. The van der Waals surface area contributed by atoms with Crippen LogP contribution in [-0.2, 0) is 11.2 Å². The van der Waals surface area contributed by atoms with Crippen LogP contribution < -0.4 is 11.1 Å². The van der Waals surface area contributed by atoms with Gasteiger partial charge in [0, 0.05) is 6.54 Å². The molecular formula is C16H24N2O. The molecule has 1 aromatic carbocycles. The van der Waals surface area contributed by atoms with E-state index in [4.69, 9.17) is 5.73 Å². The predicted octanol–water partition coefficient (Wildman–Crippen LogP) is 2.25. The average Bonchev–Trinajstić information content (AvgIpc) is 2.84. The molecule has 1 amide bonds. The smallest absolute Gasteiger partial charge is 0.237 e. The van der Waals surface area contributed by atoms with Crippen LogP contribution in [0.2, 0.25) is 0 Å². The summed E-state index contributed by atoms with van der Waals surface area (Å²) in [5.74, 6) is -0.0306. The molecular weight excluding hydrogens is 236 g/mol. The number of hydrogen-bond donors (Lipinski definition) is 2. The molecule has 0 spiro atoms.